The Morgan fingerprint density at radius 1 is 1.57 bits per heavy atom. The van der Waals surface area contributed by atoms with Gasteiger partial charge in [0.15, 0.2) is 0 Å². The largest absolute Gasteiger partial charge is 0.481 e. The summed E-state index contributed by atoms with van der Waals surface area (Å²) in [6.45, 7) is 1.36. The number of nitrogens with zero attached hydrogens (tertiary/aromatic N) is 3. The fraction of sp³-hybridized carbons (Fsp3) is 0.538. The van der Waals surface area contributed by atoms with Gasteiger partial charge in [0.05, 0.1) is 9.40 Å². The fourth-order valence-corrected chi connectivity index (χ4v) is 3.27. The number of halogens is 1. The molecule has 7 nitrogen and oxygen atoms in total. The van der Waals surface area contributed by atoms with Crippen molar-refractivity contribution in [2.75, 3.05) is 18.0 Å². The van der Waals surface area contributed by atoms with Crippen LogP contribution < -0.4 is 4.90 Å². The van der Waals surface area contributed by atoms with Crippen LogP contribution in [0, 0.1) is 16.0 Å². The predicted octanol–water partition coefficient (Wildman–Crippen LogP) is 2.83. The minimum atomic E-state index is -0.803. The van der Waals surface area contributed by atoms with Crippen LogP contribution in [0.25, 0.3) is 0 Å². The lowest BCUT2D eigenvalue weighted by Crippen LogP contribution is -2.36. The van der Waals surface area contributed by atoms with Crippen LogP contribution in [0.1, 0.15) is 25.7 Å². The number of carbonyl (C=O) groups is 1. The Hall–Kier alpha value is -1.70. The van der Waals surface area contributed by atoms with E-state index in [4.69, 9.17) is 5.11 Å². The highest BCUT2D eigenvalue weighted by molar-refractivity contribution is 9.10. The Kier molecular flexibility index (Phi) is 5.11. The van der Waals surface area contributed by atoms with Gasteiger partial charge in [-0.15, -0.1) is 0 Å². The molecule has 8 heteroatoms. The second kappa shape index (κ2) is 6.84. The van der Waals surface area contributed by atoms with E-state index in [1.165, 1.54) is 6.20 Å². The van der Waals surface area contributed by atoms with Gasteiger partial charge in [-0.3, -0.25) is 19.9 Å². The first-order valence-corrected chi connectivity index (χ1v) is 7.53. The summed E-state index contributed by atoms with van der Waals surface area (Å²) in [4.78, 5) is 27.2. The summed E-state index contributed by atoms with van der Waals surface area (Å²) < 4.78 is 0.593. The van der Waals surface area contributed by atoms with E-state index < -0.39 is 10.9 Å². The van der Waals surface area contributed by atoms with Crippen LogP contribution in [0.5, 0.6) is 0 Å². The molecule has 1 unspecified atom stereocenters. The smallest absolute Gasteiger partial charge is 0.311 e. The Balaban J connectivity index is 2.18. The molecule has 0 bridgehead atoms. The number of rotatable bonds is 5. The van der Waals surface area contributed by atoms with Gasteiger partial charge in [0.25, 0.3) is 0 Å². The van der Waals surface area contributed by atoms with Crippen LogP contribution in [-0.2, 0) is 4.79 Å². The molecule has 1 atom stereocenters. The molecule has 1 aliphatic heterocycles. The minimum absolute atomic E-state index is 0.0248. The molecule has 114 valence electrons. The maximum atomic E-state index is 11.2. The molecular formula is C13H16BrN3O4. The van der Waals surface area contributed by atoms with Crippen molar-refractivity contribution in [3.63, 3.8) is 0 Å². The average Bonchev–Trinajstić information content (AvgIpc) is 2.45. The number of pyridine rings is 1. The molecule has 0 amide bonds. The number of carboxylic acids is 1. The Labute approximate surface area is 130 Å². The summed E-state index contributed by atoms with van der Waals surface area (Å²) in [5, 5.41) is 19.9. The normalized spacial score (nSPS) is 18.5. The molecular weight excluding hydrogens is 342 g/mol. The Bertz CT molecular complexity index is 552. The first-order valence-electron chi connectivity index (χ1n) is 6.73. The van der Waals surface area contributed by atoms with E-state index in [0.717, 1.165) is 19.4 Å². The van der Waals surface area contributed by atoms with Gasteiger partial charge in [0.1, 0.15) is 11.9 Å². The molecule has 1 saturated heterocycles. The number of carboxylic acid groups (broad SMARTS) is 1. The number of hydrogen-bond donors (Lipinski definition) is 1. The van der Waals surface area contributed by atoms with E-state index in [1.807, 2.05) is 4.90 Å². The van der Waals surface area contributed by atoms with Gasteiger partial charge >= 0.3 is 11.7 Å². The molecule has 0 aliphatic carbocycles. The molecule has 2 rings (SSSR count). The Morgan fingerprint density at radius 3 is 3.00 bits per heavy atom. The number of anilines is 1. The second-order valence-corrected chi connectivity index (χ2v) is 5.99. The first-order chi connectivity index (χ1) is 9.99. The third kappa shape index (κ3) is 3.90. The SMILES string of the molecule is O=C(O)CCC1CCCN(c2c(Br)cncc2[N+](=O)[O-])C1. The van der Waals surface area contributed by atoms with E-state index in [1.54, 1.807) is 6.20 Å². The predicted molar refractivity (Wildman–Crippen MR) is 80.4 cm³/mol. The molecule has 21 heavy (non-hydrogen) atoms. The fourth-order valence-electron chi connectivity index (χ4n) is 2.70. The average molecular weight is 358 g/mol. The summed E-state index contributed by atoms with van der Waals surface area (Å²) in [7, 11) is 0. The summed E-state index contributed by atoms with van der Waals surface area (Å²) in [6.07, 6.45) is 5.39. The zero-order valence-corrected chi connectivity index (χ0v) is 13.0. The second-order valence-electron chi connectivity index (χ2n) is 5.13. The van der Waals surface area contributed by atoms with Gasteiger partial charge in [0, 0.05) is 25.7 Å². The molecule has 0 aromatic carbocycles. The number of aromatic nitrogens is 1. The molecule has 1 aliphatic rings. The molecule has 0 radical (unpaired) electrons. The molecule has 0 saturated carbocycles. The van der Waals surface area contributed by atoms with E-state index in [0.29, 0.717) is 23.1 Å². The topological polar surface area (TPSA) is 96.6 Å². The quantitative estimate of drug-likeness (QED) is 0.642. The molecule has 1 N–H and O–H groups in total. The summed E-state index contributed by atoms with van der Waals surface area (Å²) in [5.41, 5.74) is 0.512. The number of aliphatic carboxylic acids is 1. The maximum absolute atomic E-state index is 11.2. The number of hydrogen-bond acceptors (Lipinski definition) is 5. The molecule has 1 aromatic rings. The van der Waals surface area contributed by atoms with Crippen LogP contribution in [0.15, 0.2) is 16.9 Å². The highest BCUT2D eigenvalue weighted by Crippen LogP contribution is 2.37. The maximum Gasteiger partial charge on any atom is 0.311 e. The lowest BCUT2D eigenvalue weighted by molar-refractivity contribution is -0.384. The van der Waals surface area contributed by atoms with Gasteiger partial charge in [-0.25, -0.2) is 0 Å². The standard InChI is InChI=1S/C13H16BrN3O4/c14-10-6-15-7-11(17(20)21)13(10)16-5-1-2-9(8-16)3-4-12(18)19/h6-7,9H,1-5,8H2,(H,18,19). The molecule has 1 aromatic heterocycles. The van der Waals surface area contributed by atoms with Crippen LogP contribution in [0.4, 0.5) is 11.4 Å². The van der Waals surface area contributed by atoms with E-state index in [2.05, 4.69) is 20.9 Å². The van der Waals surface area contributed by atoms with E-state index in [9.17, 15) is 14.9 Å². The third-order valence-corrected chi connectivity index (χ3v) is 4.23. The van der Waals surface area contributed by atoms with Crippen molar-refractivity contribution >= 4 is 33.3 Å². The lowest BCUT2D eigenvalue weighted by Gasteiger charge is -2.34. The lowest BCUT2D eigenvalue weighted by atomic mass is 9.93. The van der Waals surface area contributed by atoms with Gasteiger partial charge in [-0.05, 0) is 41.1 Å². The van der Waals surface area contributed by atoms with Crippen molar-refractivity contribution < 1.29 is 14.8 Å². The van der Waals surface area contributed by atoms with Gasteiger partial charge in [-0.2, -0.15) is 0 Å². The number of nitro groups is 1. The van der Waals surface area contributed by atoms with Gasteiger partial charge < -0.3 is 10.0 Å². The van der Waals surface area contributed by atoms with Crippen molar-refractivity contribution in [1.82, 2.24) is 4.98 Å². The van der Waals surface area contributed by atoms with Crippen LogP contribution in [-0.4, -0.2) is 34.1 Å². The van der Waals surface area contributed by atoms with Crippen molar-refractivity contribution in [3.8, 4) is 0 Å². The summed E-state index contributed by atoms with van der Waals surface area (Å²) >= 11 is 3.33. The summed E-state index contributed by atoms with van der Waals surface area (Å²) in [5.74, 6) is -0.558. The highest BCUT2D eigenvalue weighted by atomic mass is 79.9. The number of piperidine rings is 1. The highest BCUT2D eigenvalue weighted by Gasteiger charge is 2.28. The zero-order chi connectivity index (χ0) is 15.4. The molecule has 2 heterocycles. The van der Waals surface area contributed by atoms with E-state index >= 15 is 0 Å². The van der Waals surface area contributed by atoms with Crippen molar-refractivity contribution in [2.24, 2.45) is 5.92 Å². The van der Waals surface area contributed by atoms with Crippen molar-refractivity contribution in [2.45, 2.75) is 25.7 Å². The Morgan fingerprint density at radius 2 is 2.33 bits per heavy atom. The molecule has 1 fully saturated rings. The zero-order valence-electron chi connectivity index (χ0n) is 11.4. The first kappa shape index (κ1) is 15.7. The third-order valence-electron chi connectivity index (χ3n) is 3.65. The van der Waals surface area contributed by atoms with Gasteiger partial charge in [0.2, 0.25) is 0 Å². The monoisotopic (exact) mass is 357 g/mol. The van der Waals surface area contributed by atoms with Gasteiger partial charge in [-0.1, -0.05) is 0 Å². The summed E-state index contributed by atoms with van der Waals surface area (Å²) in [6, 6.07) is 0. The van der Waals surface area contributed by atoms with Crippen LogP contribution in [0.2, 0.25) is 0 Å². The van der Waals surface area contributed by atoms with Crippen molar-refractivity contribution in [3.05, 3.63) is 27.0 Å². The molecule has 0 spiro atoms. The minimum Gasteiger partial charge on any atom is -0.481 e. The van der Waals surface area contributed by atoms with Crippen LogP contribution >= 0.6 is 15.9 Å². The van der Waals surface area contributed by atoms with Crippen LogP contribution in [0.3, 0.4) is 0 Å². The van der Waals surface area contributed by atoms with E-state index in [-0.39, 0.29) is 18.0 Å². The van der Waals surface area contributed by atoms with Crippen molar-refractivity contribution in [1.29, 1.82) is 0 Å².